The number of nitrogens with zero attached hydrogens (tertiary/aromatic N) is 4. The summed E-state index contributed by atoms with van der Waals surface area (Å²) in [5, 5.41) is 18.3. The van der Waals surface area contributed by atoms with E-state index in [0.717, 1.165) is 11.1 Å². The third-order valence-electron chi connectivity index (χ3n) is 2.72. The largest absolute Gasteiger partial charge is 0.242 e. The number of allylic oxidation sites excluding steroid dienone is 2. The molecule has 0 aliphatic rings. The van der Waals surface area contributed by atoms with Crippen molar-refractivity contribution in [1.82, 2.24) is 0 Å². The molecule has 2 aromatic carbocycles. The molecule has 0 fully saturated rings. The smallest absolute Gasteiger partial charge is 0.176 e. The van der Waals surface area contributed by atoms with Crippen molar-refractivity contribution in [2.24, 2.45) is 9.98 Å². The molecule has 104 valence electrons. The van der Waals surface area contributed by atoms with E-state index in [0.29, 0.717) is 0 Å². The van der Waals surface area contributed by atoms with Gasteiger partial charge >= 0.3 is 0 Å². The van der Waals surface area contributed by atoms with Crippen LogP contribution < -0.4 is 0 Å². The van der Waals surface area contributed by atoms with Crippen LogP contribution in [-0.2, 0) is 0 Å². The van der Waals surface area contributed by atoms with Gasteiger partial charge in [0.05, 0.1) is 0 Å². The lowest BCUT2D eigenvalue weighted by molar-refractivity contribution is 1.27. The molecule has 4 nitrogen and oxygen atoms in total. The van der Waals surface area contributed by atoms with Crippen molar-refractivity contribution in [3.05, 3.63) is 83.2 Å². The van der Waals surface area contributed by atoms with Crippen molar-refractivity contribution in [1.29, 1.82) is 10.5 Å². The van der Waals surface area contributed by atoms with Gasteiger partial charge in [-0.2, -0.15) is 10.5 Å². The number of nitriles is 2. The van der Waals surface area contributed by atoms with Gasteiger partial charge in [-0.3, -0.25) is 0 Å². The Morgan fingerprint density at radius 3 is 1.36 bits per heavy atom. The molecule has 2 rings (SSSR count). The molecule has 4 heteroatoms. The van der Waals surface area contributed by atoms with Crippen molar-refractivity contribution < 1.29 is 0 Å². The second-order valence-corrected chi connectivity index (χ2v) is 4.26. The summed E-state index contributed by atoms with van der Waals surface area (Å²) in [6.07, 6.45) is 3.07. The molecule has 0 unspecified atom stereocenters. The van der Waals surface area contributed by atoms with Crippen molar-refractivity contribution in [2.45, 2.75) is 0 Å². The molecule has 0 aliphatic carbocycles. The number of hydrogen-bond acceptors (Lipinski definition) is 4. The van der Waals surface area contributed by atoms with E-state index in [4.69, 9.17) is 10.5 Å². The van der Waals surface area contributed by atoms with Gasteiger partial charge in [0.15, 0.2) is 11.4 Å². The minimum atomic E-state index is -0.0152. The average molecular weight is 284 g/mol. The minimum absolute atomic E-state index is 0.0152. The van der Waals surface area contributed by atoms with Crippen LogP contribution in [0, 0.1) is 22.7 Å². The van der Waals surface area contributed by atoms with Crippen molar-refractivity contribution >= 4 is 12.4 Å². The first-order valence-corrected chi connectivity index (χ1v) is 6.56. The number of rotatable bonds is 4. The highest BCUT2D eigenvalue weighted by Gasteiger charge is 2.02. The van der Waals surface area contributed by atoms with E-state index >= 15 is 0 Å². The number of benzene rings is 2. The summed E-state index contributed by atoms with van der Waals surface area (Å²) >= 11 is 0. The summed E-state index contributed by atoms with van der Waals surface area (Å²) in [4.78, 5) is 8.11. The fraction of sp³-hybridized carbons (Fsp3) is 0. The normalized spacial score (nSPS) is 11.9. The first-order valence-electron chi connectivity index (χ1n) is 6.56. The van der Waals surface area contributed by atoms with Crippen LogP contribution in [0.25, 0.3) is 0 Å². The lowest BCUT2D eigenvalue weighted by Crippen LogP contribution is -1.87. The lowest BCUT2D eigenvalue weighted by atomic mass is 10.2. The first-order chi connectivity index (χ1) is 10.8. The van der Waals surface area contributed by atoms with E-state index < -0.39 is 0 Å². The first kappa shape index (κ1) is 14.9. The van der Waals surface area contributed by atoms with E-state index in [-0.39, 0.29) is 11.4 Å². The highest BCUT2D eigenvalue weighted by Crippen LogP contribution is 2.07. The summed E-state index contributed by atoms with van der Waals surface area (Å²) in [5.41, 5.74) is 1.66. The van der Waals surface area contributed by atoms with Gasteiger partial charge in [-0.15, -0.1) is 0 Å². The molecule has 0 spiro atoms. The predicted octanol–water partition coefficient (Wildman–Crippen LogP) is 3.48. The van der Waals surface area contributed by atoms with Crippen molar-refractivity contribution in [3.8, 4) is 12.1 Å². The zero-order valence-electron chi connectivity index (χ0n) is 11.7. The number of hydrogen-bond donors (Lipinski definition) is 0. The van der Waals surface area contributed by atoms with Crippen LogP contribution in [0.4, 0.5) is 0 Å². The Morgan fingerprint density at radius 1 is 0.682 bits per heavy atom. The zero-order valence-corrected chi connectivity index (χ0v) is 11.7. The molecular formula is C18H12N4. The number of aliphatic imine (C=N–C) groups is 2. The van der Waals surface area contributed by atoms with Crippen LogP contribution in [0.1, 0.15) is 11.1 Å². The highest BCUT2D eigenvalue weighted by atomic mass is 14.8. The van der Waals surface area contributed by atoms with Crippen LogP contribution >= 0.6 is 0 Å². The van der Waals surface area contributed by atoms with E-state index in [1.54, 1.807) is 0 Å². The fourth-order valence-corrected chi connectivity index (χ4v) is 1.64. The standard InChI is InChI=1S/C18H12N4/c19-11-17(21-13-15-7-3-1-4-8-15)18(12-20)22-14-16-9-5-2-6-10-16/h1-10,13-14H/b18-17-,21-13+,22-14+. The average Bonchev–Trinajstić information content (AvgIpc) is 2.59. The Kier molecular flexibility index (Phi) is 5.38. The Bertz CT molecular complexity index is 719. The van der Waals surface area contributed by atoms with Gasteiger partial charge in [0.25, 0.3) is 0 Å². The molecule has 0 aliphatic heterocycles. The topological polar surface area (TPSA) is 72.3 Å². The fourth-order valence-electron chi connectivity index (χ4n) is 1.64. The van der Waals surface area contributed by atoms with Gasteiger partial charge in [0.2, 0.25) is 0 Å². The molecular weight excluding hydrogens is 272 g/mol. The molecule has 0 heterocycles. The summed E-state index contributed by atoms with van der Waals surface area (Å²) < 4.78 is 0. The summed E-state index contributed by atoms with van der Waals surface area (Å²) in [5.74, 6) is 0. The maximum atomic E-state index is 9.16. The zero-order chi connectivity index (χ0) is 15.6. The predicted molar refractivity (Wildman–Crippen MR) is 86.3 cm³/mol. The van der Waals surface area contributed by atoms with Crippen LogP contribution in [0.3, 0.4) is 0 Å². The molecule has 0 aromatic heterocycles. The maximum absolute atomic E-state index is 9.16. The second-order valence-electron chi connectivity index (χ2n) is 4.26. The SMILES string of the molecule is N#CC(/N=C/c1ccccc1)=C(C#N)/N=C/c1ccccc1. The van der Waals surface area contributed by atoms with Gasteiger partial charge in [0.1, 0.15) is 12.1 Å². The molecule has 22 heavy (non-hydrogen) atoms. The third-order valence-corrected chi connectivity index (χ3v) is 2.72. The van der Waals surface area contributed by atoms with Crippen molar-refractivity contribution in [3.63, 3.8) is 0 Å². The second kappa shape index (κ2) is 7.94. The lowest BCUT2D eigenvalue weighted by Gasteiger charge is -1.94. The molecule has 0 N–H and O–H groups in total. The highest BCUT2D eigenvalue weighted by molar-refractivity contribution is 5.82. The van der Waals surface area contributed by atoms with Gasteiger partial charge in [-0.25, -0.2) is 9.98 Å². The molecule has 0 amide bonds. The van der Waals surface area contributed by atoms with Crippen LogP contribution in [0.15, 0.2) is 82.0 Å². The van der Waals surface area contributed by atoms with Gasteiger partial charge in [0, 0.05) is 12.4 Å². The molecule has 0 saturated carbocycles. The quantitative estimate of drug-likeness (QED) is 0.636. The molecule has 0 radical (unpaired) electrons. The van der Waals surface area contributed by atoms with E-state index in [9.17, 15) is 0 Å². The van der Waals surface area contributed by atoms with Crippen LogP contribution in [0.5, 0.6) is 0 Å². The van der Waals surface area contributed by atoms with E-state index in [2.05, 4.69) is 9.98 Å². The summed E-state index contributed by atoms with van der Waals surface area (Å²) in [6, 6.07) is 22.5. The Balaban J connectivity index is 2.27. The Labute approximate surface area is 129 Å². The Morgan fingerprint density at radius 2 is 1.05 bits per heavy atom. The molecule has 0 saturated heterocycles. The molecule has 0 bridgehead atoms. The minimum Gasteiger partial charge on any atom is -0.242 e. The molecule has 2 aromatic rings. The summed E-state index contributed by atoms with van der Waals surface area (Å²) in [6.45, 7) is 0. The van der Waals surface area contributed by atoms with Crippen LogP contribution in [0.2, 0.25) is 0 Å². The van der Waals surface area contributed by atoms with Gasteiger partial charge < -0.3 is 0 Å². The summed E-state index contributed by atoms with van der Waals surface area (Å²) in [7, 11) is 0. The monoisotopic (exact) mass is 284 g/mol. The van der Waals surface area contributed by atoms with E-state index in [1.165, 1.54) is 12.4 Å². The third kappa shape index (κ3) is 4.26. The van der Waals surface area contributed by atoms with Crippen molar-refractivity contribution in [2.75, 3.05) is 0 Å². The Hall–Kier alpha value is -3.50. The van der Waals surface area contributed by atoms with Crippen LogP contribution in [-0.4, -0.2) is 12.4 Å². The van der Waals surface area contributed by atoms with E-state index in [1.807, 2.05) is 72.8 Å². The maximum Gasteiger partial charge on any atom is 0.176 e. The van der Waals surface area contributed by atoms with Gasteiger partial charge in [-0.1, -0.05) is 60.7 Å². The molecule has 0 atom stereocenters. The van der Waals surface area contributed by atoms with Gasteiger partial charge in [-0.05, 0) is 11.1 Å².